The van der Waals surface area contributed by atoms with Crippen molar-refractivity contribution < 1.29 is 14.6 Å². The number of halogens is 2. The molecule has 142 valence electrons. The van der Waals surface area contributed by atoms with Crippen LogP contribution >= 0.6 is 35.6 Å². The third-order valence-electron chi connectivity index (χ3n) is 3.60. The highest BCUT2D eigenvalue weighted by atomic mass is 127. The number of ether oxygens (including phenoxy) is 2. The molecule has 0 saturated heterocycles. The Bertz CT molecular complexity index is 714. The molecule has 8 heteroatoms. The molecule has 0 fully saturated rings. The first-order chi connectivity index (χ1) is 12.1. The number of aliphatic imine (C=N–C) groups is 1. The fourth-order valence-electron chi connectivity index (χ4n) is 2.24. The number of rotatable bonds is 6. The molecule has 0 aromatic heterocycles. The summed E-state index contributed by atoms with van der Waals surface area (Å²) in [4.78, 5) is 4.19. The number of nitrogens with zero attached hydrogens (tertiary/aromatic N) is 1. The largest absolute Gasteiger partial charge is 0.502 e. The molecule has 0 aliphatic rings. The zero-order chi connectivity index (χ0) is 18.2. The topological polar surface area (TPSA) is 75.1 Å². The molecule has 0 amide bonds. The maximum Gasteiger partial charge on any atom is 0.200 e. The normalized spacial score (nSPS) is 10.7. The number of hydrogen-bond donors (Lipinski definition) is 3. The molecule has 3 N–H and O–H groups in total. The van der Waals surface area contributed by atoms with Gasteiger partial charge in [-0.25, -0.2) is 0 Å². The molecular formula is C18H23ClIN3O3. The third kappa shape index (κ3) is 6.14. The van der Waals surface area contributed by atoms with Crippen LogP contribution in [-0.4, -0.2) is 32.3 Å². The predicted octanol–water partition coefficient (Wildman–Crippen LogP) is 3.55. The van der Waals surface area contributed by atoms with Crippen molar-refractivity contribution in [2.45, 2.75) is 13.1 Å². The molecule has 0 bridgehead atoms. The van der Waals surface area contributed by atoms with Crippen LogP contribution in [-0.2, 0) is 13.1 Å². The number of nitrogens with one attached hydrogen (secondary N) is 2. The lowest BCUT2D eigenvalue weighted by atomic mass is 10.2. The second kappa shape index (κ2) is 11.0. The SMILES string of the molecule is CN=C(NCc1ccc(Cl)cc1)NCc1cc(OC)c(O)c(OC)c1.I. The summed E-state index contributed by atoms with van der Waals surface area (Å²) in [7, 11) is 4.70. The summed E-state index contributed by atoms with van der Waals surface area (Å²) in [5.74, 6) is 1.36. The summed E-state index contributed by atoms with van der Waals surface area (Å²) in [5.41, 5.74) is 1.99. The molecule has 2 aromatic rings. The van der Waals surface area contributed by atoms with Gasteiger partial charge in [-0.3, -0.25) is 4.99 Å². The lowest BCUT2D eigenvalue weighted by Gasteiger charge is -2.14. The van der Waals surface area contributed by atoms with Gasteiger partial charge in [0.15, 0.2) is 17.5 Å². The Labute approximate surface area is 175 Å². The Morgan fingerprint density at radius 3 is 1.96 bits per heavy atom. The fourth-order valence-corrected chi connectivity index (χ4v) is 2.37. The van der Waals surface area contributed by atoms with E-state index in [2.05, 4.69) is 15.6 Å². The number of benzene rings is 2. The minimum atomic E-state index is -0.0148. The van der Waals surface area contributed by atoms with Crippen LogP contribution in [0, 0.1) is 0 Å². The molecule has 26 heavy (non-hydrogen) atoms. The number of guanidine groups is 1. The zero-order valence-electron chi connectivity index (χ0n) is 14.9. The number of phenols is 1. The molecule has 2 aromatic carbocycles. The quantitative estimate of drug-likeness (QED) is 0.327. The van der Waals surface area contributed by atoms with E-state index in [9.17, 15) is 5.11 Å². The molecule has 0 aliphatic heterocycles. The summed E-state index contributed by atoms with van der Waals surface area (Å²) in [5, 5.41) is 17.1. The first kappa shape index (κ1) is 22.2. The molecule has 0 spiro atoms. The molecule has 0 heterocycles. The van der Waals surface area contributed by atoms with Gasteiger partial charge in [0.05, 0.1) is 14.2 Å². The van der Waals surface area contributed by atoms with Crippen LogP contribution in [0.2, 0.25) is 5.02 Å². The van der Waals surface area contributed by atoms with E-state index in [1.54, 1.807) is 19.2 Å². The Morgan fingerprint density at radius 1 is 1.00 bits per heavy atom. The number of hydrogen-bond acceptors (Lipinski definition) is 4. The van der Waals surface area contributed by atoms with Crippen molar-refractivity contribution in [3.05, 3.63) is 52.5 Å². The Morgan fingerprint density at radius 2 is 1.50 bits per heavy atom. The highest BCUT2D eigenvalue weighted by molar-refractivity contribution is 14.0. The average molecular weight is 492 g/mol. The second-order valence-electron chi connectivity index (χ2n) is 5.25. The lowest BCUT2D eigenvalue weighted by molar-refractivity contribution is 0.339. The van der Waals surface area contributed by atoms with Gasteiger partial charge in [-0.1, -0.05) is 23.7 Å². The molecule has 0 atom stereocenters. The van der Waals surface area contributed by atoms with Crippen LogP contribution in [0.1, 0.15) is 11.1 Å². The minimum Gasteiger partial charge on any atom is -0.502 e. The van der Waals surface area contributed by atoms with E-state index in [1.807, 2.05) is 24.3 Å². The molecule has 0 saturated carbocycles. The summed E-state index contributed by atoms with van der Waals surface area (Å²) < 4.78 is 10.3. The van der Waals surface area contributed by atoms with Gasteiger partial charge in [0.2, 0.25) is 5.75 Å². The molecule has 6 nitrogen and oxygen atoms in total. The van der Waals surface area contributed by atoms with Crippen LogP contribution in [0.25, 0.3) is 0 Å². The van der Waals surface area contributed by atoms with E-state index < -0.39 is 0 Å². The molecule has 0 unspecified atom stereocenters. The first-order valence-corrected chi connectivity index (χ1v) is 8.08. The van der Waals surface area contributed by atoms with E-state index >= 15 is 0 Å². The molecular weight excluding hydrogens is 469 g/mol. The van der Waals surface area contributed by atoms with Crippen molar-refractivity contribution >= 4 is 41.5 Å². The van der Waals surface area contributed by atoms with E-state index in [0.29, 0.717) is 35.6 Å². The van der Waals surface area contributed by atoms with Gasteiger partial charge in [-0.05, 0) is 35.4 Å². The highest BCUT2D eigenvalue weighted by Gasteiger charge is 2.11. The van der Waals surface area contributed by atoms with Crippen molar-refractivity contribution in [2.24, 2.45) is 4.99 Å². The van der Waals surface area contributed by atoms with Gasteiger partial charge < -0.3 is 25.2 Å². The molecule has 0 aliphatic carbocycles. The first-order valence-electron chi connectivity index (χ1n) is 7.70. The van der Waals surface area contributed by atoms with E-state index in [1.165, 1.54) is 14.2 Å². The number of aromatic hydroxyl groups is 1. The minimum absolute atomic E-state index is 0. The molecule has 0 radical (unpaired) electrons. The predicted molar refractivity (Wildman–Crippen MR) is 115 cm³/mol. The second-order valence-corrected chi connectivity index (χ2v) is 5.69. The van der Waals surface area contributed by atoms with Gasteiger partial charge in [-0.15, -0.1) is 24.0 Å². The fraction of sp³-hybridized carbons (Fsp3) is 0.278. The van der Waals surface area contributed by atoms with Gasteiger partial charge in [-0.2, -0.15) is 0 Å². The van der Waals surface area contributed by atoms with Crippen LogP contribution in [0.3, 0.4) is 0 Å². The van der Waals surface area contributed by atoms with Gasteiger partial charge in [0.25, 0.3) is 0 Å². The monoisotopic (exact) mass is 491 g/mol. The van der Waals surface area contributed by atoms with Gasteiger partial charge in [0, 0.05) is 25.2 Å². The van der Waals surface area contributed by atoms with Gasteiger partial charge in [0.1, 0.15) is 0 Å². The Balaban J connectivity index is 0.00000338. The van der Waals surface area contributed by atoms with Crippen molar-refractivity contribution in [1.29, 1.82) is 0 Å². The Kier molecular flexibility index (Phi) is 9.36. The summed E-state index contributed by atoms with van der Waals surface area (Å²) in [6, 6.07) is 11.1. The zero-order valence-corrected chi connectivity index (χ0v) is 18.0. The smallest absolute Gasteiger partial charge is 0.200 e. The number of methoxy groups -OCH3 is 2. The third-order valence-corrected chi connectivity index (χ3v) is 3.85. The van der Waals surface area contributed by atoms with Crippen LogP contribution in [0.5, 0.6) is 17.2 Å². The lowest BCUT2D eigenvalue weighted by Crippen LogP contribution is -2.36. The number of phenolic OH excluding ortho intramolecular Hbond substituents is 1. The van der Waals surface area contributed by atoms with Crippen molar-refractivity contribution in [2.75, 3.05) is 21.3 Å². The van der Waals surface area contributed by atoms with Crippen molar-refractivity contribution in [3.8, 4) is 17.2 Å². The summed E-state index contributed by atoms with van der Waals surface area (Å²) >= 11 is 5.88. The van der Waals surface area contributed by atoms with E-state index in [4.69, 9.17) is 21.1 Å². The van der Waals surface area contributed by atoms with E-state index in [0.717, 1.165) is 11.1 Å². The standard InChI is InChI=1S/C18H22ClN3O3.HI/c1-20-18(21-10-12-4-6-14(19)7-5-12)22-11-13-8-15(24-2)17(23)16(9-13)25-3;/h4-9,23H,10-11H2,1-3H3,(H2,20,21,22);1H. The highest BCUT2D eigenvalue weighted by Crippen LogP contribution is 2.36. The van der Waals surface area contributed by atoms with Crippen LogP contribution in [0.15, 0.2) is 41.4 Å². The van der Waals surface area contributed by atoms with Crippen molar-refractivity contribution in [1.82, 2.24) is 10.6 Å². The summed E-state index contributed by atoms with van der Waals surface area (Å²) in [6.07, 6.45) is 0. The van der Waals surface area contributed by atoms with Crippen LogP contribution < -0.4 is 20.1 Å². The average Bonchev–Trinajstić information content (AvgIpc) is 2.64. The maximum atomic E-state index is 9.95. The Hall–Kier alpha value is -1.87. The van der Waals surface area contributed by atoms with Gasteiger partial charge >= 0.3 is 0 Å². The van der Waals surface area contributed by atoms with Crippen LogP contribution in [0.4, 0.5) is 0 Å². The molecule has 2 rings (SSSR count). The van der Waals surface area contributed by atoms with Crippen molar-refractivity contribution in [3.63, 3.8) is 0 Å². The maximum absolute atomic E-state index is 9.95. The van der Waals surface area contributed by atoms with E-state index in [-0.39, 0.29) is 29.7 Å². The summed E-state index contributed by atoms with van der Waals surface area (Å²) in [6.45, 7) is 1.12.